The van der Waals surface area contributed by atoms with Crippen LogP contribution in [0.1, 0.15) is 49.2 Å². The van der Waals surface area contributed by atoms with Crippen LogP contribution in [0, 0.1) is 0 Å². The first-order valence-corrected chi connectivity index (χ1v) is 9.43. The van der Waals surface area contributed by atoms with Gasteiger partial charge in [-0.3, -0.25) is 4.79 Å². The van der Waals surface area contributed by atoms with E-state index in [1.807, 2.05) is 24.3 Å². The van der Waals surface area contributed by atoms with Crippen molar-refractivity contribution in [3.8, 4) is 0 Å². The molecule has 0 radical (unpaired) electrons. The lowest BCUT2D eigenvalue weighted by Crippen LogP contribution is -2.41. The Morgan fingerprint density at radius 2 is 1.83 bits per heavy atom. The smallest absolute Gasteiger partial charge is 0.192 e. The lowest BCUT2D eigenvalue weighted by Gasteiger charge is -2.38. The number of fused-ring (bicyclic) bond motifs is 1. The van der Waals surface area contributed by atoms with Crippen molar-refractivity contribution in [2.24, 2.45) is 0 Å². The SMILES string of the molecule is CC(C)(C)[Si](C)(C)O[C@@H]1CC(=O)c2ccccc21. The van der Waals surface area contributed by atoms with E-state index in [0.717, 1.165) is 11.1 Å². The Kier molecular flexibility index (Phi) is 3.24. The molecule has 3 heteroatoms. The molecular formula is C15H22O2Si. The van der Waals surface area contributed by atoms with Crippen molar-refractivity contribution in [2.75, 3.05) is 0 Å². The van der Waals surface area contributed by atoms with Crippen LogP contribution < -0.4 is 0 Å². The second-order valence-corrected chi connectivity index (χ2v) is 11.3. The Bertz CT molecular complexity index is 472. The summed E-state index contributed by atoms with van der Waals surface area (Å²) < 4.78 is 6.38. The third kappa shape index (κ3) is 2.29. The van der Waals surface area contributed by atoms with Crippen LogP contribution in [-0.4, -0.2) is 14.1 Å². The van der Waals surface area contributed by atoms with Crippen molar-refractivity contribution in [1.82, 2.24) is 0 Å². The highest BCUT2D eigenvalue weighted by atomic mass is 28.4. The number of carbonyl (C=O) groups is 1. The Morgan fingerprint density at radius 1 is 1.22 bits per heavy atom. The van der Waals surface area contributed by atoms with Gasteiger partial charge in [0.2, 0.25) is 0 Å². The van der Waals surface area contributed by atoms with Gasteiger partial charge in [-0.1, -0.05) is 45.0 Å². The molecule has 0 heterocycles. The molecule has 0 saturated heterocycles. The van der Waals surface area contributed by atoms with Gasteiger partial charge < -0.3 is 4.43 Å². The number of Topliss-reactive ketones (excluding diaryl/α,β-unsaturated/α-hetero) is 1. The zero-order valence-corrected chi connectivity index (χ0v) is 12.9. The van der Waals surface area contributed by atoms with Crippen molar-refractivity contribution in [3.05, 3.63) is 35.4 Å². The van der Waals surface area contributed by atoms with Crippen LogP contribution in [-0.2, 0) is 4.43 Å². The predicted octanol–water partition coefficient (Wildman–Crippen LogP) is 4.34. The normalized spacial score (nSPS) is 20.1. The van der Waals surface area contributed by atoms with Crippen LogP contribution >= 0.6 is 0 Å². The van der Waals surface area contributed by atoms with E-state index in [4.69, 9.17) is 4.43 Å². The number of carbonyl (C=O) groups excluding carboxylic acids is 1. The van der Waals surface area contributed by atoms with E-state index >= 15 is 0 Å². The van der Waals surface area contributed by atoms with Crippen LogP contribution in [0.4, 0.5) is 0 Å². The van der Waals surface area contributed by atoms with Crippen molar-refractivity contribution in [1.29, 1.82) is 0 Å². The maximum atomic E-state index is 11.9. The van der Waals surface area contributed by atoms with Gasteiger partial charge in [-0.2, -0.15) is 0 Å². The molecule has 0 bridgehead atoms. The molecule has 2 rings (SSSR count). The predicted molar refractivity (Wildman–Crippen MR) is 76.4 cm³/mol. The number of rotatable bonds is 2. The summed E-state index contributed by atoms with van der Waals surface area (Å²) in [5.41, 5.74) is 1.92. The fourth-order valence-corrected chi connectivity index (χ4v) is 3.33. The molecule has 0 amide bonds. The molecule has 0 unspecified atom stereocenters. The topological polar surface area (TPSA) is 26.3 Å². The average Bonchev–Trinajstić information content (AvgIpc) is 2.55. The minimum Gasteiger partial charge on any atom is -0.409 e. The van der Waals surface area contributed by atoms with Crippen LogP contribution in [0.25, 0.3) is 0 Å². The second kappa shape index (κ2) is 4.32. The molecule has 0 aliphatic heterocycles. The van der Waals surface area contributed by atoms with Crippen molar-refractivity contribution >= 4 is 14.1 Å². The Hall–Kier alpha value is -0.933. The zero-order valence-electron chi connectivity index (χ0n) is 11.9. The molecule has 98 valence electrons. The Labute approximate surface area is 110 Å². The second-order valence-electron chi connectivity index (χ2n) is 6.58. The summed E-state index contributed by atoms with van der Waals surface area (Å²) in [4.78, 5) is 11.9. The monoisotopic (exact) mass is 262 g/mol. The molecule has 1 aliphatic carbocycles. The minimum atomic E-state index is -1.82. The highest BCUT2D eigenvalue weighted by Gasteiger charge is 2.42. The molecule has 0 fully saturated rings. The largest absolute Gasteiger partial charge is 0.409 e. The first-order chi connectivity index (χ1) is 8.22. The van der Waals surface area contributed by atoms with Crippen LogP contribution in [0.3, 0.4) is 0 Å². The van der Waals surface area contributed by atoms with Crippen molar-refractivity contribution < 1.29 is 9.22 Å². The average molecular weight is 262 g/mol. The number of hydrogen-bond donors (Lipinski definition) is 0. The molecule has 0 aromatic heterocycles. The van der Waals surface area contributed by atoms with Gasteiger partial charge in [-0.25, -0.2) is 0 Å². The molecule has 1 aromatic rings. The number of hydrogen-bond acceptors (Lipinski definition) is 2. The molecular weight excluding hydrogens is 240 g/mol. The lowest BCUT2D eigenvalue weighted by molar-refractivity contribution is 0.0937. The summed E-state index contributed by atoms with van der Waals surface area (Å²) in [5, 5.41) is 0.174. The highest BCUT2D eigenvalue weighted by molar-refractivity contribution is 6.74. The number of benzene rings is 1. The molecule has 1 aliphatic rings. The first kappa shape index (κ1) is 13.5. The van der Waals surface area contributed by atoms with E-state index < -0.39 is 8.32 Å². The summed E-state index contributed by atoms with van der Waals surface area (Å²) in [6.45, 7) is 11.1. The fourth-order valence-electron chi connectivity index (χ4n) is 2.06. The van der Waals surface area contributed by atoms with Gasteiger partial charge in [-0.05, 0) is 23.7 Å². The van der Waals surface area contributed by atoms with Crippen LogP contribution in [0.5, 0.6) is 0 Å². The van der Waals surface area contributed by atoms with Crippen molar-refractivity contribution in [2.45, 2.75) is 51.4 Å². The minimum absolute atomic E-state index is 0.0328. The first-order valence-electron chi connectivity index (χ1n) is 6.52. The summed E-state index contributed by atoms with van der Waals surface area (Å²) >= 11 is 0. The molecule has 0 spiro atoms. The van der Waals surface area contributed by atoms with Gasteiger partial charge >= 0.3 is 0 Å². The van der Waals surface area contributed by atoms with Gasteiger partial charge in [0, 0.05) is 12.0 Å². The zero-order chi connectivity index (χ0) is 13.6. The maximum absolute atomic E-state index is 11.9. The van der Waals surface area contributed by atoms with Crippen LogP contribution in [0.15, 0.2) is 24.3 Å². The lowest BCUT2D eigenvalue weighted by atomic mass is 10.1. The van der Waals surface area contributed by atoms with Gasteiger partial charge in [0.05, 0.1) is 6.10 Å². The molecule has 0 N–H and O–H groups in total. The van der Waals surface area contributed by atoms with E-state index in [2.05, 4.69) is 33.9 Å². The van der Waals surface area contributed by atoms with E-state index in [-0.39, 0.29) is 16.9 Å². The quantitative estimate of drug-likeness (QED) is 0.741. The molecule has 18 heavy (non-hydrogen) atoms. The van der Waals surface area contributed by atoms with Crippen molar-refractivity contribution in [3.63, 3.8) is 0 Å². The summed E-state index contributed by atoms with van der Waals surface area (Å²) in [5.74, 6) is 0.217. The molecule has 0 saturated carbocycles. The fraction of sp³-hybridized carbons (Fsp3) is 0.533. The van der Waals surface area contributed by atoms with Crippen LogP contribution in [0.2, 0.25) is 18.1 Å². The summed E-state index contributed by atoms with van der Waals surface area (Å²) in [6, 6.07) is 7.84. The van der Waals surface area contributed by atoms with E-state index in [1.165, 1.54) is 0 Å². The molecule has 1 aromatic carbocycles. The van der Waals surface area contributed by atoms with E-state index in [1.54, 1.807) is 0 Å². The summed E-state index contributed by atoms with van der Waals surface area (Å²) in [7, 11) is -1.82. The third-order valence-corrected chi connectivity index (χ3v) is 8.71. The van der Waals surface area contributed by atoms with E-state index in [0.29, 0.717) is 6.42 Å². The van der Waals surface area contributed by atoms with Gasteiger partial charge in [0.25, 0.3) is 0 Å². The van der Waals surface area contributed by atoms with E-state index in [9.17, 15) is 4.79 Å². The highest BCUT2D eigenvalue weighted by Crippen LogP contribution is 2.43. The summed E-state index contributed by atoms with van der Waals surface area (Å²) in [6.07, 6.45) is 0.473. The van der Waals surface area contributed by atoms with Gasteiger partial charge in [-0.15, -0.1) is 0 Å². The van der Waals surface area contributed by atoms with Gasteiger partial charge in [0.1, 0.15) is 0 Å². The Morgan fingerprint density at radius 3 is 2.44 bits per heavy atom. The number of ketones is 1. The van der Waals surface area contributed by atoms with Gasteiger partial charge in [0.15, 0.2) is 14.1 Å². The molecule has 2 nitrogen and oxygen atoms in total. The maximum Gasteiger partial charge on any atom is 0.192 e. The third-order valence-electron chi connectivity index (χ3n) is 4.22. The standard InChI is InChI=1S/C15H22O2Si/c1-15(2,3)18(4,5)17-14-10-13(16)11-8-6-7-9-12(11)14/h6-9,14H,10H2,1-5H3/t14-/m1/s1. The Balaban J connectivity index is 2.26. The molecule has 1 atom stereocenters.